The molecule has 0 saturated heterocycles. The van der Waals surface area contributed by atoms with Crippen LogP contribution in [0.15, 0.2) is 24.4 Å². The average molecular weight is 131 g/mol. The van der Waals surface area contributed by atoms with Gasteiger partial charge in [0.25, 0.3) is 0 Å². The van der Waals surface area contributed by atoms with Crippen molar-refractivity contribution in [1.82, 2.24) is 9.97 Å². The summed E-state index contributed by atoms with van der Waals surface area (Å²) in [5.41, 5.74) is 1.71. The number of H-pyrrole nitrogens is 1. The molecule has 1 N–H and O–H groups in total. The second-order valence-electron chi connectivity index (χ2n) is 2.22. The molecule has 2 aromatic rings. The molecular weight excluding hydrogens is 124 g/mol. The van der Waals surface area contributed by atoms with Crippen LogP contribution in [0.25, 0.3) is 11.0 Å². The zero-order valence-corrected chi connectivity index (χ0v) is 5.46. The van der Waals surface area contributed by atoms with E-state index in [4.69, 9.17) is 0 Å². The third kappa shape index (κ3) is 0.692. The summed E-state index contributed by atoms with van der Waals surface area (Å²) in [5.74, 6) is 0. The fourth-order valence-corrected chi connectivity index (χ4v) is 0.971. The fourth-order valence-electron chi connectivity index (χ4n) is 0.971. The predicted octanol–water partition coefficient (Wildman–Crippen LogP) is 1.75. The lowest BCUT2D eigenvalue weighted by Gasteiger charge is -1.89. The van der Waals surface area contributed by atoms with Crippen molar-refractivity contribution < 1.29 is 0 Å². The molecule has 0 amide bonds. The Bertz CT molecular complexity index is 349. The molecule has 2 nitrogen and oxygen atoms in total. The van der Waals surface area contributed by atoms with Crippen LogP contribution in [0.1, 0.15) is 5.69 Å². The molecule has 0 aliphatic rings. The predicted molar refractivity (Wildman–Crippen MR) is 40.6 cm³/mol. The van der Waals surface area contributed by atoms with E-state index in [1.54, 1.807) is 0 Å². The number of hydrogen-bond donors (Lipinski definition) is 1. The summed E-state index contributed by atoms with van der Waals surface area (Å²) in [5, 5.41) is 1.13. The zero-order chi connectivity index (χ0) is 6.97. The lowest BCUT2D eigenvalue weighted by molar-refractivity contribution is 1.28. The third-order valence-electron chi connectivity index (χ3n) is 1.47. The molecule has 0 aliphatic carbocycles. The van der Waals surface area contributed by atoms with Gasteiger partial charge < -0.3 is 4.98 Å². The highest BCUT2D eigenvalue weighted by molar-refractivity contribution is 5.75. The van der Waals surface area contributed by atoms with E-state index < -0.39 is 0 Å². The van der Waals surface area contributed by atoms with Crippen molar-refractivity contribution in [3.05, 3.63) is 37.0 Å². The molecule has 1 radical (unpaired) electrons. The smallest absolute Gasteiger partial charge is 0.137 e. The number of fused-ring (bicyclic) bond motifs is 1. The van der Waals surface area contributed by atoms with Gasteiger partial charge in [0.1, 0.15) is 5.65 Å². The van der Waals surface area contributed by atoms with E-state index in [9.17, 15) is 0 Å². The van der Waals surface area contributed by atoms with Crippen LogP contribution < -0.4 is 0 Å². The van der Waals surface area contributed by atoms with E-state index in [1.165, 1.54) is 0 Å². The van der Waals surface area contributed by atoms with Crippen molar-refractivity contribution in [1.29, 1.82) is 0 Å². The van der Waals surface area contributed by atoms with Gasteiger partial charge in [-0.1, -0.05) is 0 Å². The summed E-state index contributed by atoms with van der Waals surface area (Å²) in [6.07, 6.45) is 1.87. The van der Waals surface area contributed by atoms with Crippen LogP contribution >= 0.6 is 0 Å². The second-order valence-corrected chi connectivity index (χ2v) is 2.22. The molecule has 0 aromatic carbocycles. The van der Waals surface area contributed by atoms with Gasteiger partial charge in [0.05, 0.1) is 0 Å². The molecule has 0 spiro atoms. The quantitative estimate of drug-likeness (QED) is 0.579. The zero-order valence-electron chi connectivity index (χ0n) is 5.46. The molecule has 2 heteroatoms. The first-order valence-electron chi connectivity index (χ1n) is 3.12. The van der Waals surface area contributed by atoms with Gasteiger partial charge in [-0.15, -0.1) is 0 Å². The number of hydrogen-bond acceptors (Lipinski definition) is 1. The number of aromatic nitrogens is 2. The van der Waals surface area contributed by atoms with Gasteiger partial charge >= 0.3 is 0 Å². The van der Waals surface area contributed by atoms with Gasteiger partial charge in [0.2, 0.25) is 0 Å². The van der Waals surface area contributed by atoms with E-state index in [-0.39, 0.29) is 0 Å². The summed E-state index contributed by atoms with van der Waals surface area (Å²) in [7, 11) is 0. The van der Waals surface area contributed by atoms with E-state index in [0.29, 0.717) is 0 Å². The minimum atomic E-state index is 0.801. The van der Waals surface area contributed by atoms with Crippen molar-refractivity contribution >= 4 is 11.0 Å². The third-order valence-corrected chi connectivity index (χ3v) is 1.47. The SMILES string of the molecule is [CH2]c1ccc2cc[nH]c2n1. The Labute approximate surface area is 58.9 Å². The molecule has 49 valence electrons. The first kappa shape index (κ1) is 5.47. The van der Waals surface area contributed by atoms with Gasteiger partial charge in [-0.2, -0.15) is 0 Å². The van der Waals surface area contributed by atoms with Crippen LogP contribution in [0.4, 0.5) is 0 Å². The number of aromatic amines is 1. The molecule has 0 fully saturated rings. The molecule has 0 bridgehead atoms. The maximum Gasteiger partial charge on any atom is 0.137 e. The Balaban J connectivity index is 2.86. The molecule has 2 aromatic heterocycles. The van der Waals surface area contributed by atoms with Gasteiger partial charge in [0, 0.05) is 17.3 Å². The summed E-state index contributed by atoms with van der Waals surface area (Å²) in [4.78, 5) is 7.18. The monoisotopic (exact) mass is 131 g/mol. The Morgan fingerprint density at radius 2 is 2.20 bits per heavy atom. The van der Waals surface area contributed by atoms with E-state index >= 15 is 0 Å². The molecule has 2 heterocycles. The highest BCUT2D eigenvalue weighted by atomic mass is 14.8. The number of nitrogens with one attached hydrogen (secondary N) is 1. The topological polar surface area (TPSA) is 28.7 Å². The summed E-state index contributed by atoms with van der Waals surface area (Å²) < 4.78 is 0. The maximum atomic E-state index is 4.17. The molecule has 0 unspecified atom stereocenters. The Morgan fingerprint density at radius 3 is 3.10 bits per heavy atom. The Kier molecular flexibility index (Phi) is 1.01. The van der Waals surface area contributed by atoms with Crippen LogP contribution in [0, 0.1) is 6.92 Å². The number of nitrogens with zero attached hydrogens (tertiary/aromatic N) is 1. The van der Waals surface area contributed by atoms with Crippen molar-refractivity contribution in [2.45, 2.75) is 0 Å². The molecule has 10 heavy (non-hydrogen) atoms. The highest BCUT2D eigenvalue weighted by Crippen LogP contribution is 2.08. The second kappa shape index (κ2) is 1.84. The standard InChI is InChI=1S/C8H7N2/c1-6-2-3-7-4-5-9-8(7)10-6/h2-5H,1H2,(H,9,10). The van der Waals surface area contributed by atoms with Crippen LogP contribution in [-0.4, -0.2) is 9.97 Å². The highest BCUT2D eigenvalue weighted by Gasteiger charge is 1.92. The van der Waals surface area contributed by atoms with Gasteiger partial charge in [-0.3, -0.25) is 0 Å². The number of pyridine rings is 1. The maximum absolute atomic E-state index is 4.17. The lowest BCUT2D eigenvalue weighted by atomic mass is 10.3. The van der Waals surface area contributed by atoms with Gasteiger partial charge in [-0.05, 0) is 25.1 Å². The molecule has 0 aliphatic heterocycles. The fraction of sp³-hybridized carbons (Fsp3) is 0. The lowest BCUT2D eigenvalue weighted by Crippen LogP contribution is -1.79. The minimum Gasteiger partial charge on any atom is -0.346 e. The summed E-state index contributed by atoms with van der Waals surface area (Å²) in [6.45, 7) is 3.72. The van der Waals surface area contributed by atoms with Crippen molar-refractivity contribution in [2.75, 3.05) is 0 Å². The molecule has 0 atom stereocenters. The summed E-state index contributed by atoms with van der Waals surface area (Å²) in [6, 6.07) is 5.89. The van der Waals surface area contributed by atoms with Crippen LogP contribution in [0.3, 0.4) is 0 Å². The molecule has 2 rings (SSSR count). The molecule has 0 saturated carbocycles. The van der Waals surface area contributed by atoms with Crippen LogP contribution in [0.2, 0.25) is 0 Å². The van der Waals surface area contributed by atoms with Crippen molar-refractivity contribution in [3.63, 3.8) is 0 Å². The first-order chi connectivity index (χ1) is 4.86. The van der Waals surface area contributed by atoms with Gasteiger partial charge in [0.15, 0.2) is 0 Å². The van der Waals surface area contributed by atoms with Crippen LogP contribution in [0.5, 0.6) is 0 Å². The minimum absolute atomic E-state index is 0.801. The molecular formula is C8H7N2. The Morgan fingerprint density at radius 1 is 1.30 bits per heavy atom. The normalized spacial score (nSPS) is 10.5. The largest absolute Gasteiger partial charge is 0.346 e. The van der Waals surface area contributed by atoms with Crippen molar-refractivity contribution in [2.24, 2.45) is 0 Å². The average Bonchev–Trinajstić information content (AvgIpc) is 2.33. The Hall–Kier alpha value is -1.31. The van der Waals surface area contributed by atoms with Gasteiger partial charge in [-0.25, -0.2) is 4.98 Å². The van der Waals surface area contributed by atoms with E-state index in [2.05, 4.69) is 16.9 Å². The van der Waals surface area contributed by atoms with E-state index in [0.717, 1.165) is 16.7 Å². The number of rotatable bonds is 0. The van der Waals surface area contributed by atoms with Crippen LogP contribution in [-0.2, 0) is 0 Å². The van der Waals surface area contributed by atoms with Crippen molar-refractivity contribution in [3.8, 4) is 0 Å². The van der Waals surface area contributed by atoms with E-state index in [1.807, 2.05) is 24.4 Å². The first-order valence-corrected chi connectivity index (χ1v) is 3.12. The summed E-state index contributed by atoms with van der Waals surface area (Å²) >= 11 is 0.